The topological polar surface area (TPSA) is 52.5 Å². The monoisotopic (exact) mass is 288 g/mol. The van der Waals surface area contributed by atoms with E-state index < -0.39 is 0 Å². The first-order chi connectivity index (χ1) is 10.6. The van der Waals surface area contributed by atoms with E-state index in [-0.39, 0.29) is 5.92 Å². The van der Waals surface area contributed by atoms with Gasteiger partial charge in [0, 0.05) is 22.7 Å². The molecular weight excluding hydrogens is 272 g/mol. The average Bonchev–Trinajstić information content (AvgIpc) is 2.87. The maximum atomic E-state index is 9.54. The largest absolute Gasteiger partial charge is 0.372 e. The standard InChI is InChI=1S/C18H16N4/c1-10-15-7-13(5-6-14(15)9-21-10)17-16(8-19)11(2)22-12(3)18(17)20-4/h5-7,17,22H,9H2,1-3H3. The zero-order valence-corrected chi connectivity index (χ0v) is 12.9. The molecule has 2 aliphatic heterocycles. The molecule has 0 spiro atoms. The van der Waals surface area contributed by atoms with Gasteiger partial charge < -0.3 is 5.32 Å². The van der Waals surface area contributed by atoms with Crippen LogP contribution >= 0.6 is 0 Å². The second-order valence-electron chi connectivity index (χ2n) is 5.65. The third-order valence-electron chi connectivity index (χ3n) is 4.31. The molecule has 0 fully saturated rings. The third kappa shape index (κ3) is 2.01. The van der Waals surface area contributed by atoms with Crippen LogP contribution in [0.5, 0.6) is 0 Å². The summed E-state index contributed by atoms with van der Waals surface area (Å²) < 4.78 is 0. The van der Waals surface area contributed by atoms with Crippen molar-refractivity contribution in [3.05, 3.63) is 69.0 Å². The number of fused-ring (bicyclic) bond motifs is 1. The predicted molar refractivity (Wildman–Crippen MR) is 85.8 cm³/mol. The summed E-state index contributed by atoms with van der Waals surface area (Å²) in [6.07, 6.45) is 0. The lowest BCUT2D eigenvalue weighted by atomic mass is 9.83. The van der Waals surface area contributed by atoms with Crippen molar-refractivity contribution in [2.45, 2.75) is 33.2 Å². The van der Waals surface area contributed by atoms with Crippen LogP contribution in [0.2, 0.25) is 0 Å². The van der Waals surface area contributed by atoms with Crippen molar-refractivity contribution in [3.8, 4) is 6.07 Å². The summed E-state index contributed by atoms with van der Waals surface area (Å²) in [5.41, 5.74) is 7.20. The molecular formula is C18H16N4. The van der Waals surface area contributed by atoms with Crippen molar-refractivity contribution in [3.63, 3.8) is 0 Å². The van der Waals surface area contributed by atoms with Crippen LogP contribution in [0.25, 0.3) is 4.85 Å². The Kier molecular flexibility index (Phi) is 3.31. The number of hydrogen-bond acceptors (Lipinski definition) is 3. The quantitative estimate of drug-likeness (QED) is 0.802. The summed E-state index contributed by atoms with van der Waals surface area (Å²) in [5.74, 6) is -0.289. The van der Waals surface area contributed by atoms with Gasteiger partial charge in [-0.05, 0) is 38.0 Å². The van der Waals surface area contributed by atoms with Gasteiger partial charge in [0.15, 0.2) is 5.70 Å². The minimum atomic E-state index is -0.289. The molecule has 0 aromatic heterocycles. The van der Waals surface area contributed by atoms with Gasteiger partial charge in [-0.2, -0.15) is 5.26 Å². The number of dihydropyridines is 1. The summed E-state index contributed by atoms with van der Waals surface area (Å²) in [4.78, 5) is 8.14. The molecule has 3 rings (SSSR count). The fourth-order valence-electron chi connectivity index (χ4n) is 3.14. The van der Waals surface area contributed by atoms with E-state index in [2.05, 4.69) is 33.4 Å². The molecule has 2 heterocycles. The predicted octanol–water partition coefficient (Wildman–Crippen LogP) is 3.64. The fourth-order valence-corrected chi connectivity index (χ4v) is 3.14. The Balaban J connectivity index is 2.18. The van der Waals surface area contributed by atoms with Gasteiger partial charge in [-0.25, -0.2) is 4.85 Å². The highest BCUT2D eigenvalue weighted by Gasteiger charge is 2.30. The van der Waals surface area contributed by atoms with Crippen LogP contribution in [0.4, 0.5) is 0 Å². The Morgan fingerprint density at radius 3 is 2.77 bits per heavy atom. The zero-order valence-electron chi connectivity index (χ0n) is 12.9. The summed E-state index contributed by atoms with van der Waals surface area (Å²) >= 11 is 0. The normalized spacial score (nSPS) is 20.0. The van der Waals surface area contributed by atoms with Crippen molar-refractivity contribution >= 4 is 5.71 Å². The minimum Gasteiger partial charge on any atom is -0.372 e. The van der Waals surface area contributed by atoms with Gasteiger partial charge in [0.1, 0.15) is 0 Å². The molecule has 0 amide bonds. The molecule has 0 bridgehead atoms. The maximum absolute atomic E-state index is 9.54. The van der Waals surface area contributed by atoms with Crippen LogP contribution in [0.3, 0.4) is 0 Å². The molecule has 22 heavy (non-hydrogen) atoms. The maximum Gasteiger partial charge on any atom is 0.196 e. The molecule has 1 atom stereocenters. The van der Waals surface area contributed by atoms with Crippen LogP contribution in [0, 0.1) is 17.9 Å². The molecule has 108 valence electrons. The van der Waals surface area contributed by atoms with Gasteiger partial charge in [-0.15, -0.1) is 0 Å². The SMILES string of the molecule is [C-]#[N+]C1=C(C)NC(C)=C(C#N)C1c1ccc2c(c1)C(C)=NC2. The molecule has 0 saturated heterocycles. The van der Waals surface area contributed by atoms with Crippen molar-refractivity contribution in [2.75, 3.05) is 0 Å². The average molecular weight is 288 g/mol. The van der Waals surface area contributed by atoms with E-state index in [1.54, 1.807) is 0 Å². The highest BCUT2D eigenvalue weighted by atomic mass is 14.9. The first-order valence-corrected chi connectivity index (χ1v) is 7.17. The molecule has 1 unspecified atom stereocenters. The van der Waals surface area contributed by atoms with E-state index in [1.165, 1.54) is 5.56 Å². The van der Waals surface area contributed by atoms with Crippen molar-refractivity contribution in [1.29, 1.82) is 5.26 Å². The van der Waals surface area contributed by atoms with Gasteiger partial charge in [0.05, 0.1) is 30.7 Å². The molecule has 4 heteroatoms. The molecule has 1 aromatic carbocycles. The first kappa shape index (κ1) is 14.1. The van der Waals surface area contributed by atoms with Crippen molar-refractivity contribution in [1.82, 2.24) is 5.32 Å². The number of allylic oxidation sites excluding steroid dienone is 3. The van der Waals surface area contributed by atoms with Crippen LogP contribution in [-0.2, 0) is 6.54 Å². The van der Waals surface area contributed by atoms with Gasteiger partial charge in [-0.3, -0.25) is 4.99 Å². The van der Waals surface area contributed by atoms with E-state index in [0.29, 0.717) is 11.3 Å². The van der Waals surface area contributed by atoms with Crippen molar-refractivity contribution < 1.29 is 0 Å². The number of nitrogens with one attached hydrogen (secondary N) is 1. The number of benzene rings is 1. The zero-order chi connectivity index (χ0) is 15.9. The summed E-state index contributed by atoms with van der Waals surface area (Å²) in [7, 11) is 0. The number of nitriles is 1. The Bertz CT molecular complexity index is 805. The van der Waals surface area contributed by atoms with Crippen LogP contribution in [-0.4, -0.2) is 5.71 Å². The van der Waals surface area contributed by atoms with E-state index in [4.69, 9.17) is 6.57 Å². The second-order valence-corrected chi connectivity index (χ2v) is 5.65. The van der Waals surface area contributed by atoms with E-state index in [9.17, 15) is 5.26 Å². The van der Waals surface area contributed by atoms with E-state index in [1.807, 2.05) is 26.8 Å². The lowest BCUT2D eigenvalue weighted by Crippen LogP contribution is -2.23. The first-order valence-electron chi connectivity index (χ1n) is 7.17. The highest BCUT2D eigenvalue weighted by Crippen LogP contribution is 2.39. The summed E-state index contributed by atoms with van der Waals surface area (Å²) in [5, 5.41) is 12.7. The van der Waals surface area contributed by atoms with Crippen molar-refractivity contribution in [2.24, 2.45) is 4.99 Å². The highest BCUT2D eigenvalue weighted by molar-refractivity contribution is 6.02. The lowest BCUT2D eigenvalue weighted by Gasteiger charge is -2.26. The molecule has 1 aromatic rings. The molecule has 0 saturated carbocycles. The number of hydrogen-bond donors (Lipinski definition) is 1. The van der Waals surface area contributed by atoms with E-state index in [0.717, 1.165) is 34.8 Å². The second kappa shape index (κ2) is 5.16. The molecule has 4 nitrogen and oxygen atoms in total. The van der Waals surface area contributed by atoms with E-state index >= 15 is 0 Å². The molecule has 1 N–H and O–H groups in total. The fraction of sp³-hybridized carbons (Fsp3) is 0.278. The summed E-state index contributed by atoms with van der Waals surface area (Å²) in [6, 6.07) is 8.44. The van der Waals surface area contributed by atoms with Crippen LogP contribution in [0.1, 0.15) is 43.4 Å². The third-order valence-corrected chi connectivity index (χ3v) is 4.31. The lowest BCUT2D eigenvalue weighted by molar-refractivity contribution is 0.809. The van der Waals surface area contributed by atoms with Gasteiger partial charge in [-0.1, -0.05) is 12.1 Å². The Morgan fingerprint density at radius 2 is 2.09 bits per heavy atom. The smallest absolute Gasteiger partial charge is 0.196 e. The van der Waals surface area contributed by atoms with Gasteiger partial charge in [0.2, 0.25) is 0 Å². The molecule has 0 radical (unpaired) electrons. The number of aliphatic imine (C=N–C) groups is 1. The minimum absolute atomic E-state index is 0.289. The summed E-state index contributed by atoms with van der Waals surface area (Å²) in [6.45, 7) is 14.0. The molecule has 2 aliphatic rings. The van der Waals surface area contributed by atoms with Gasteiger partial charge >= 0.3 is 0 Å². The van der Waals surface area contributed by atoms with Crippen LogP contribution < -0.4 is 5.32 Å². The van der Waals surface area contributed by atoms with Crippen LogP contribution in [0.15, 0.2) is 45.9 Å². The Hall–Kier alpha value is -2.85. The Morgan fingerprint density at radius 1 is 1.32 bits per heavy atom. The number of rotatable bonds is 1. The number of nitrogens with zero attached hydrogens (tertiary/aromatic N) is 3. The Labute approximate surface area is 130 Å². The van der Waals surface area contributed by atoms with Gasteiger partial charge in [0.25, 0.3) is 0 Å². The molecule has 0 aliphatic carbocycles.